The van der Waals surface area contributed by atoms with E-state index in [1.807, 2.05) is 0 Å². The Morgan fingerprint density at radius 2 is 0.321 bits per heavy atom. The van der Waals surface area contributed by atoms with Crippen molar-refractivity contribution >= 4 is 0 Å². The lowest BCUT2D eigenvalue weighted by molar-refractivity contribution is 0.439. The quantitative estimate of drug-likeness (QED) is 0.0650. The lowest BCUT2D eigenvalue weighted by Gasteiger charge is -2.24. The average molecular weight is 761 g/mol. The summed E-state index contributed by atoms with van der Waals surface area (Å²) < 4.78 is 0. The molecule has 56 heavy (non-hydrogen) atoms. The first-order valence-electron chi connectivity index (χ1n) is 18.9. The van der Waals surface area contributed by atoms with Crippen molar-refractivity contribution in [1.82, 2.24) is 0 Å². The van der Waals surface area contributed by atoms with Crippen molar-refractivity contribution in [3.63, 3.8) is 0 Å². The summed E-state index contributed by atoms with van der Waals surface area (Å²) >= 11 is 0. The van der Waals surface area contributed by atoms with Crippen LogP contribution in [0.3, 0.4) is 0 Å². The van der Waals surface area contributed by atoms with Gasteiger partial charge in [0.2, 0.25) is 0 Å². The molecule has 0 aromatic heterocycles. The van der Waals surface area contributed by atoms with Gasteiger partial charge in [0.1, 0.15) is 46.0 Å². The highest BCUT2D eigenvalue weighted by molar-refractivity contribution is 5.64. The second-order valence-electron chi connectivity index (χ2n) is 16.0. The zero-order chi connectivity index (χ0) is 41.8. The summed E-state index contributed by atoms with van der Waals surface area (Å²) in [5.74, 6) is 0.0227. The molecule has 8 heteroatoms. The Balaban J connectivity index is 1.76. The Morgan fingerprint density at radius 1 is 0.232 bits per heavy atom. The Kier molecular flexibility index (Phi) is 11.4. The number of fused-ring (bicyclic) bond motifs is 4. The second kappa shape index (κ2) is 15.4. The maximum atomic E-state index is 11.6. The van der Waals surface area contributed by atoms with Crippen molar-refractivity contribution in [3.05, 3.63) is 138 Å². The molecule has 0 aliphatic heterocycles. The van der Waals surface area contributed by atoms with Gasteiger partial charge in [0.25, 0.3) is 0 Å². The predicted molar refractivity (Wildman–Crippen MR) is 223 cm³/mol. The van der Waals surface area contributed by atoms with Gasteiger partial charge in [-0.2, -0.15) is 0 Å². The Bertz CT molecular complexity index is 1900. The van der Waals surface area contributed by atoms with Gasteiger partial charge in [0.15, 0.2) is 0 Å². The van der Waals surface area contributed by atoms with Gasteiger partial charge in [-0.25, -0.2) is 0 Å². The molecule has 0 atom stereocenters. The van der Waals surface area contributed by atoms with Crippen molar-refractivity contribution in [2.75, 3.05) is 0 Å². The molecule has 1 aliphatic carbocycles. The van der Waals surface area contributed by atoms with Crippen LogP contribution in [0.4, 0.5) is 0 Å². The summed E-state index contributed by atoms with van der Waals surface area (Å²) in [4.78, 5) is 0. The highest BCUT2D eigenvalue weighted by Gasteiger charge is 2.28. The zero-order valence-corrected chi connectivity index (χ0v) is 34.1. The van der Waals surface area contributed by atoms with Gasteiger partial charge in [0, 0.05) is 44.5 Å². The van der Waals surface area contributed by atoms with Crippen molar-refractivity contribution in [3.8, 4) is 46.0 Å². The van der Waals surface area contributed by atoms with Crippen LogP contribution in [0.25, 0.3) is 0 Å². The molecule has 0 saturated carbocycles. The van der Waals surface area contributed by atoms with Crippen molar-refractivity contribution in [2.24, 2.45) is 0 Å². The monoisotopic (exact) mass is 760 g/mol. The van der Waals surface area contributed by atoms with Crippen LogP contribution in [0.5, 0.6) is 46.0 Å². The fourth-order valence-electron chi connectivity index (χ4n) is 8.15. The normalized spacial score (nSPS) is 14.6. The lowest BCUT2D eigenvalue weighted by Crippen LogP contribution is -2.10. The third-order valence-electron chi connectivity index (χ3n) is 12.2. The maximum absolute atomic E-state index is 11.6. The smallest absolute Gasteiger partial charge is 0.122 e. The van der Waals surface area contributed by atoms with E-state index >= 15 is 0 Å². The van der Waals surface area contributed by atoms with Gasteiger partial charge in [-0.1, -0.05) is 48.6 Å². The molecule has 0 heterocycles. The van der Waals surface area contributed by atoms with E-state index in [2.05, 4.69) is 26.3 Å². The summed E-state index contributed by atoms with van der Waals surface area (Å²) in [6, 6.07) is 0. The molecule has 0 amide bonds. The van der Waals surface area contributed by atoms with Gasteiger partial charge in [-0.15, -0.1) is 0 Å². The van der Waals surface area contributed by atoms with E-state index in [1.54, 1.807) is 55.4 Å². The van der Waals surface area contributed by atoms with Crippen LogP contribution >= 0.6 is 0 Å². The topological polar surface area (TPSA) is 162 Å². The summed E-state index contributed by atoms with van der Waals surface area (Å²) in [6.07, 6.45) is 0.973. The minimum absolute atomic E-state index is 0.00284. The molecule has 0 bridgehead atoms. The molecule has 8 nitrogen and oxygen atoms in total. The number of phenols is 8. The van der Waals surface area contributed by atoms with Crippen molar-refractivity contribution in [1.29, 1.82) is 0 Å². The molecule has 5 rings (SSSR count). The molecule has 0 radical (unpaired) electrons. The van der Waals surface area contributed by atoms with Gasteiger partial charge in [0.05, 0.1) is 0 Å². The minimum Gasteiger partial charge on any atom is -0.507 e. The molecule has 1 aliphatic rings. The van der Waals surface area contributed by atoms with Gasteiger partial charge < -0.3 is 40.9 Å². The van der Waals surface area contributed by atoms with E-state index in [9.17, 15) is 40.9 Å². The summed E-state index contributed by atoms with van der Waals surface area (Å²) in [7, 11) is 0. The Labute approximate surface area is 330 Å². The van der Waals surface area contributed by atoms with Gasteiger partial charge in [-0.3, -0.25) is 0 Å². The van der Waals surface area contributed by atoms with Crippen LogP contribution in [-0.4, -0.2) is 40.9 Å². The first kappa shape index (κ1) is 41.4. The third kappa shape index (κ3) is 7.20. The molecule has 296 valence electrons. The lowest BCUT2D eigenvalue weighted by atomic mass is 9.82. The average Bonchev–Trinajstić information content (AvgIpc) is 3.16. The largest absolute Gasteiger partial charge is 0.507 e. The SMILES string of the molecule is C=C1Cc2c(O)c(C)c(C)c(O)c2CC(=C)Cc2c(O)c(C)c(C)c(O)c2CC(=C)Cc2c(O)c(C)c(C)c(O)c2CC(=C)Cc2c(O)c(C)c(C)c(O)c2C1. The van der Waals surface area contributed by atoms with Crippen LogP contribution < -0.4 is 0 Å². The van der Waals surface area contributed by atoms with Gasteiger partial charge in [-0.05, 0) is 151 Å². The zero-order valence-electron chi connectivity index (χ0n) is 34.1. The fraction of sp³-hybridized carbons (Fsp3) is 0.333. The Morgan fingerprint density at radius 3 is 0.411 bits per heavy atom. The van der Waals surface area contributed by atoms with E-state index in [0.717, 1.165) is 0 Å². The number of phenolic OH excluding ortho intramolecular Hbond substituents is 8. The summed E-state index contributed by atoms with van der Waals surface area (Å²) in [5, 5.41) is 92.5. The van der Waals surface area contributed by atoms with E-state index < -0.39 is 0 Å². The molecule has 4 aromatic rings. The van der Waals surface area contributed by atoms with Crippen LogP contribution in [0.1, 0.15) is 89.0 Å². The minimum atomic E-state index is 0.00284. The van der Waals surface area contributed by atoms with Crippen LogP contribution in [-0.2, 0) is 51.4 Å². The number of hydrogen-bond acceptors (Lipinski definition) is 8. The van der Waals surface area contributed by atoms with Crippen LogP contribution in [0.2, 0.25) is 0 Å². The summed E-state index contributed by atoms with van der Waals surface area (Å²) in [6.45, 7) is 31.1. The number of hydrogen-bond donors (Lipinski definition) is 8. The van der Waals surface area contributed by atoms with E-state index in [1.165, 1.54) is 0 Å². The predicted octanol–water partition coefficient (Wildman–Crippen LogP) is 9.48. The number of benzene rings is 4. The molecular weight excluding hydrogens is 705 g/mol. The molecule has 0 fully saturated rings. The molecule has 0 spiro atoms. The van der Waals surface area contributed by atoms with Crippen molar-refractivity contribution < 1.29 is 40.9 Å². The fourth-order valence-corrected chi connectivity index (χ4v) is 8.15. The van der Waals surface area contributed by atoms with Gasteiger partial charge >= 0.3 is 0 Å². The van der Waals surface area contributed by atoms with Crippen molar-refractivity contribution in [2.45, 2.75) is 107 Å². The first-order valence-corrected chi connectivity index (χ1v) is 18.9. The standard InChI is InChI=1S/C48H56O8/c1-21-13-33-35(43(51)27(7)25(5)41(33)49)15-22(2)17-37-39(47(55)31(11)29(9)45(37)53)19-24(4)20-40-38(46(54)30(10)32(12)48(40)56)18-23(3)16-36-34(14-21)42(50)26(6)28(8)44(36)52/h49-56H,1-4,13-20H2,5-12H3. The summed E-state index contributed by atoms with van der Waals surface area (Å²) in [5.41, 5.74) is 10.0. The molecule has 0 saturated heterocycles. The molecule has 8 N–H and O–H groups in total. The second-order valence-corrected chi connectivity index (χ2v) is 16.0. The number of aromatic hydroxyl groups is 8. The van der Waals surface area contributed by atoms with Crippen LogP contribution in [0, 0.1) is 55.4 Å². The maximum Gasteiger partial charge on any atom is 0.122 e. The van der Waals surface area contributed by atoms with E-state index in [0.29, 0.717) is 111 Å². The van der Waals surface area contributed by atoms with E-state index in [-0.39, 0.29) is 97.4 Å². The highest BCUT2D eigenvalue weighted by Crippen LogP contribution is 2.46. The molecule has 0 unspecified atom stereocenters. The van der Waals surface area contributed by atoms with E-state index in [4.69, 9.17) is 0 Å². The molecular formula is C48H56O8. The first-order chi connectivity index (χ1) is 26.1. The molecule has 4 aromatic carbocycles. The number of allylic oxidation sites excluding steroid dienone is 4. The highest BCUT2D eigenvalue weighted by atomic mass is 16.3. The third-order valence-corrected chi connectivity index (χ3v) is 12.2. The Hall–Kier alpha value is -5.76. The number of rotatable bonds is 0. The van der Waals surface area contributed by atoms with Crippen LogP contribution in [0.15, 0.2) is 48.6 Å².